The van der Waals surface area contributed by atoms with E-state index < -0.39 is 0 Å². The molecule has 13 heavy (non-hydrogen) atoms. The van der Waals surface area contributed by atoms with Crippen LogP contribution in [0, 0.1) is 5.41 Å². The van der Waals surface area contributed by atoms with Crippen LogP contribution in [0.5, 0.6) is 0 Å². The van der Waals surface area contributed by atoms with Crippen molar-refractivity contribution in [2.24, 2.45) is 5.41 Å². The molecule has 0 bridgehead atoms. The summed E-state index contributed by atoms with van der Waals surface area (Å²) in [5.41, 5.74) is 2.80. The van der Waals surface area contributed by atoms with E-state index >= 15 is 0 Å². The van der Waals surface area contributed by atoms with E-state index in [0.717, 1.165) is 0 Å². The Morgan fingerprint density at radius 3 is 2.31 bits per heavy atom. The van der Waals surface area contributed by atoms with E-state index in [0.29, 0.717) is 6.42 Å². The standard InChI is InChI=1S/C10H16N2O/c1-10(2,3)8-9(13)11-12-6-4-5-7-12/h4-7H,8H2,1-3H3,(H,11,13). The zero-order chi connectivity index (χ0) is 9.90. The number of hydrogen-bond acceptors (Lipinski definition) is 1. The predicted octanol–water partition coefficient (Wildman–Crippen LogP) is 1.99. The van der Waals surface area contributed by atoms with Gasteiger partial charge in [0.2, 0.25) is 5.91 Å². The van der Waals surface area contributed by atoms with Crippen LogP contribution in [-0.4, -0.2) is 10.6 Å². The molecule has 3 heteroatoms. The largest absolute Gasteiger partial charge is 0.273 e. The normalized spacial score (nSPS) is 11.3. The van der Waals surface area contributed by atoms with Crippen LogP contribution in [0.2, 0.25) is 0 Å². The van der Waals surface area contributed by atoms with E-state index in [-0.39, 0.29) is 11.3 Å². The number of rotatable bonds is 2. The summed E-state index contributed by atoms with van der Waals surface area (Å²) in [6, 6.07) is 3.74. The molecule has 1 aromatic rings. The molecule has 0 aliphatic rings. The van der Waals surface area contributed by atoms with Crippen molar-refractivity contribution in [1.82, 2.24) is 4.68 Å². The molecule has 1 rings (SSSR count). The van der Waals surface area contributed by atoms with E-state index in [9.17, 15) is 4.79 Å². The molecule has 1 amide bonds. The first kappa shape index (κ1) is 9.84. The average molecular weight is 180 g/mol. The van der Waals surface area contributed by atoms with Gasteiger partial charge in [-0.25, -0.2) is 0 Å². The second-order valence-electron chi connectivity index (χ2n) is 4.36. The van der Waals surface area contributed by atoms with Gasteiger partial charge in [-0.2, -0.15) is 0 Å². The lowest BCUT2D eigenvalue weighted by molar-refractivity contribution is -0.118. The van der Waals surface area contributed by atoms with Crippen LogP contribution in [0.3, 0.4) is 0 Å². The molecule has 0 aliphatic heterocycles. The fourth-order valence-corrected chi connectivity index (χ4v) is 1.07. The fraction of sp³-hybridized carbons (Fsp3) is 0.500. The van der Waals surface area contributed by atoms with E-state index in [1.807, 2.05) is 32.9 Å². The molecule has 0 fully saturated rings. The summed E-state index contributed by atoms with van der Waals surface area (Å²) in [7, 11) is 0. The van der Waals surface area contributed by atoms with Crippen molar-refractivity contribution >= 4 is 5.91 Å². The first-order valence-electron chi connectivity index (χ1n) is 4.40. The second-order valence-corrected chi connectivity index (χ2v) is 4.36. The van der Waals surface area contributed by atoms with Crippen LogP contribution in [0.25, 0.3) is 0 Å². The van der Waals surface area contributed by atoms with Gasteiger partial charge >= 0.3 is 0 Å². The van der Waals surface area contributed by atoms with Gasteiger partial charge < -0.3 is 0 Å². The monoisotopic (exact) mass is 180 g/mol. The van der Waals surface area contributed by atoms with E-state index in [1.54, 1.807) is 17.1 Å². The van der Waals surface area contributed by atoms with Crippen LogP contribution in [0.15, 0.2) is 24.5 Å². The molecule has 0 saturated carbocycles. The van der Waals surface area contributed by atoms with Gasteiger partial charge in [-0.15, -0.1) is 0 Å². The molecule has 3 nitrogen and oxygen atoms in total. The van der Waals surface area contributed by atoms with Gasteiger partial charge in [0.1, 0.15) is 0 Å². The van der Waals surface area contributed by atoms with Crippen molar-refractivity contribution in [3.8, 4) is 0 Å². The topological polar surface area (TPSA) is 34.0 Å². The van der Waals surface area contributed by atoms with Crippen molar-refractivity contribution in [2.75, 3.05) is 5.43 Å². The molecule has 1 heterocycles. The number of aromatic nitrogens is 1. The fourth-order valence-electron chi connectivity index (χ4n) is 1.07. The number of nitrogens with zero attached hydrogens (tertiary/aromatic N) is 1. The van der Waals surface area contributed by atoms with Crippen molar-refractivity contribution in [1.29, 1.82) is 0 Å². The number of nitrogens with one attached hydrogen (secondary N) is 1. The van der Waals surface area contributed by atoms with Crippen LogP contribution in [-0.2, 0) is 4.79 Å². The van der Waals surface area contributed by atoms with E-state index in [2.05, 4.69) is 5.43 Å². The Bertz CT molecular complexity index is 270. The summed E-state index contributed by atoms with van der Waals surface area (Å²) in [5.74, 6) is 0.0451. The van der Waals surface area contributed by atoms with Gasteiger partial charge in [-0.3, -0.25) is 14.9 Å². The molecule has 0 spiro atoms. The maximum atomic E-state index is 11.4. The number of hydrogen-bond donors (Lipinski definition) is 1. The first-order chi connectivity index (χ1) is 5.97. The smallest absolute Gasteiger partial charge is 0.239 e. The summed E-state index contributed by atoms with van der Waals surface area (Å²) in [6.07, 6.45) is 4.15. The maximum Gasteiger partial charge on any atom is 0.239 e. The summed E-state index contributed by atoms with van der Waals surface area (Å²) in [4.78, 5) is 11.4. The van der Waals surface area contributed by atoms with Gasteiger partial charge in [-0.1, -0.05) is 20.8 Å². The molecular weight excluding hydrogens is 164 g/mol. The van der Waals surface area contributed by atoms with Crippen molar-refractivity contribution in [3.05, 3.63) is 24.5 Å². The molecule has 0 atom stereocenters. The Hall–Kier alpha value is -1.25. The molecule has 0 aromatic carbocycles. The minimum atomic E-state index is 0.0389. The van der Waals surface area contributed by atoms with Crippen molar-refractivity contribution in [2.45, 2.75) is 27.2 Å². The first-order valence-corrected chi connectivity index (χ1v) is 4.40. The van der Waals surface area contributed by atoms with Crippen LogP contribution in [0.4, 0.5) is 0 Å². The van der Waals surface area contributed by atoms with Crippen molar-refractivity contribution in [3.63, 3.8) is 0 Å². The molecular formula is C10H16N2O. The number of amides is 1. The lowest BCUT2D eigenvalue weighted by Crippen LogP contribution is -2.25. The molecule has 72 valence electrons. The highest BCUT2D eigenvalue weighted by molar-refractivity contribution is 5.84. The minimum Gasteiger partial charge on any atom is -0.273 e. The van der Waals surface area contributed by atoms with E-state index in [1.165, 1.54) is 0 Å². The highest BCUT2D eigenvalue weighted by Gasteiger charge is 2.15. The average Bonchev–Trinajstić information content (AvgIpc) is 2.34. The summed E-state index contributed by atoms with van der Waals surface area (Å²) >= 11 is 0. The Morgan fingerprint density at radius 1 is 1.31 bits per heavy atom. The Kier molecular flexibility index (Phi) is 2.76. The Balaban J connectivity index is 2.43. The number of carbonyl (C=O) groups is 1. The van der Waals surface area contributed by atoms with Crippen LogP contribution < -0.4 is 5.43 Å². The third kappa shape index (κ3) is 3.78. The molecule has 1 N–H and O–H groups in total. The highest BCUT2D eigenvalue weighted by Crippen LogP contribution is 2.17. The van der Waals surface area contributed by atoms with Gasteiger partial charge in [0.15, 0.2) is 0 Å². The Morgan fingerprint density at radius 2 is 1.85 bits per heavy atom. The zero-order valence-corrected chi connectivity index (χ0v) is 8.37. The molecule has 0 radical (unpaired) electrons. The zero-order valence-electron chi connectivity index (χ0n) is 8.37. The predicted molar refractivity (Wildman–Crippen MR) is 52.9 cm³/mol. The molecule has 0 unspecified atom stereocenters. The summed E-state index contributed by atoms with van der Waals surface area (Å²) < 4.78 is 1.66. The van der Waals surface area contributed by atoms with Crippen LogP contribution >= 0.6 is 0 Å². The SMILES string of the molecule is CC(C)(C)CC(=O)Nn1cccc1. The lowest BCUT2D eigenvalue weighted by atomic mass is 9.92. The van der Waals surface area contributed by atoms with Gasteiger partial charge in [-0.05, 0) is 17.5 Å². The van der Waals surface area contributed by atoms with Gasteiger partial charge in [0, 0.05) is 18.8 Å². The van der Waals surface area contributed by atoms with E-state index in [4.69, 9.17) is 0 Å². The molecule has 0 saturated heterocycles. The lowest BCUT2D eigenvalue weighted by Gasteiger charge is -2.17. The Labute approximate surface area is 78.7 Å². The van der Waals surface area contributed by atoms with Crippen LogP contribution in [0.1, 0.15) is 27.2 Å². The molecule has 0 aliphatic carbocycles. The second kappa shape index (κ2) is 3.64. The number of carbonyl (C=O) groups excluding carboxylic acids is 1. The summed E-state index contributed by atoms with van der Waals surface area (Å²) in [6.45, 7) is 6.13. The third-order valence-corrected chi connectivity index (χ3v) is 1.55. The summed E-state index contributed by atoms with van der Waals surface area (Å²) in [5, 5.41) is 0. The highest BCUT2D eigenvalue weighted by atomic mass is 16.2. The molecule has 1 aromatic heterocycles. The quantitative estimate of drug-likeness (QED) is 0.742. The minimum absolute atomic E-state index is 0.0389. The maximum absolute atomic E-state index is 11.4. The van der Waals surface area contributed by atoms with Gasteiger partial charge in [0.05, 0.1) is 0 Å². The van der Waals surface area contributed by atoms with Crippen molar-refractivity contribution < 1.29 is 4.79 Å². The van der Waals surface area contributed by atoms with Gasteiger partial charge in [0.25, 0.3) is 0 Å². The third-order valence-electron chi connectivity index (χ3n) is 1.55.